The highest BCUT2D eigenvalue weighted by Crippen LogP contribution is 2.43. The maximum Gasteiger partial charge on any atom is 0.143 e. The van der Waals surface area contributed by atoms with Gasteiger partial charge < -0.3 is 14.4 Å². The summed E-state index contributed by atoms with van der Waals surface area (Å²) in [6, 6.07) is 29.2. The zero-order chi connectivity index (χ0) is 23.9. The Kier molecular flexibility index (Phi) is 7.33. The van der Waals surface area contributed by atoms with Crippen LogP contribution in [0.2, 0.25) is 0 Å². The van der Waals surface area contributed by atoms with Crippen LogP contribution < -0.4 is 9.47 Å². The number of nitrogens with zero attached hydrogens (tertiary/aromatic N) is 1. The number of methoxy groups -OCH3 is 1. The lowest BCUT2D eigenvalue weighted by atomic mass is 9.91. The van der Waals surface area contributed by atoms with E-state index in [-0.39, 0.29) is 0 Å². The maximum absolute atomic E-state index is 6.62. The number of piperidine rings is 1. The zero-order valence-electron chi connectivity index (χ0n) is 20.5. The maximum atomic E-state index is 6.62. The molecule has 0 saturated carbocycles. The van der Waals surface area contributed by atoms with Gasteiger partial charge in [0.1, 0.15) is 17.2 Å². The van der Waals surface area contributed by atoms with Crippen LogP contribution >= 0.6 is 0 Å². The Labute approximate surface area is 208 Å². The quantitative estimate of drug-likeness (QED) is 0.263. The molecule has 4 aromatic carbocycles. The fourth-order valence-electron chi connectivity index (χ4n) is 4.88. The molecule has 0 bridgehead atoms. The number of benzene rings is 4. The van der Waals surface area contributed by atoms with Crippen molar-refractivity contribution in [3.63, 3.8) is 0 Å². The van der Waals surface area contributed by atoms with E-state index in [9.17, 15) is 0 Å². The van der Waals surface area contributed by atoms with Crippen LogP contribution in [0.1, 0.15) is 31.2 Å². The largest absolute Gasteiger partial charge is 0.497 e. The van der Waals surface area contributed by atoms with E-state index in [0.717, 1.165) is 46.6 Å². The van der Waals surface area contributed by atoms with E-state index in [1.165, 1.54) is 43.3 Å². The van der Waals surface area contributed by atoms with Crippen LogP contribution in [0.4, 0.5) is 0 Å². The summed E-state index contributed by atoms with van der Waals surface area (Å²) in [6.45, 7) is 2.36. The third-order valence-corrected chi connectivity index (χ3v) is 6.71. The fraction of sp³-hybridized carbons (Fsp3) is 0.250. The van der Waals surface area contributed by atoms with E-state index in [1.807, 2.05) is 42.5 Å². The predicted molar refractivity (Wildman–Crippen MR) is 145 cm³/mol. The molecular weight excluding hydrogens is 430 g/mol. The summed E-state index contributed by atoms with van der Waals surface area (Å²) in [4.78, 5) is 2.46. The summed E-state index contributed by atoms with van der Waals surface area (Å²) in [5.74, 6) is 2.61. The average molecular weight is 464 g/mol. The average Bonchev–Trinajstić information content (AvgIpc) is 2.92. The second-order valence-electron chi connectivity index (χ2n) is 9.12. The molecule has 0 aliphatic carbocycles. The number of likely N-dealkylation sites (tertiary alicyclic amines) is 1. The summed E-state index contributed by atoms with van der Waals surface area (Å²) >= 11 is 0. The SMILES string of the molecule is COc1ccc(-c2c(CCC=CN3CCCCC3)cc3ccccc3c2Oc2ccccc2)cc1. The summed E-state index contributed by atoms with van der Waals surface area (Å²) in [5.41, 5.74) is 3.59. The molecule has 0 radical (unpaired) electrons. The highest BCUT2D eigenvalue weighted by Gasteiger charge is 2.17. The standard InChI is InChI=1S/C32H33NO2/c1-34-28-19-17-25(18-20-28)31-27(13-8-11-23-33-21-9-3-10-22-33)24-26-12-6-7-16-30(26)32(31)35-29-14-4-2-5-15-29/h2,4-7,11-12,14-20,23-24H,3,8-10,13,21-22H2,1H3. The van der Waals surface area contributed by atoms with Crippen LogP contribution in [0.15, 0.2) is 97.2 Å². The van der Waals surface area contributed by atoms with Gasteiger partial charge >= 0.3 is 0 Å². The first-order valence-corrected chi connectivity index (χ1v) is 12.6. The van der Waals surface area contributed by atoms with Gasteiger partial charge in [0.25, 0.3) is 0 Å². The van der Waals surface area contributed by atoms with Crippen molar-refractivity contribution in [2.45, 2.75) is 32.1 Å². The Hall–Kier alpha value is -3.72. The first-order valence-electron chi connectivity index (χ1n) is 12.6. The molecule has 0 aromatic heterocycles. The molecule has 0 atom stereocenters. The van der Waals surface area contributed by atoms with Gasteiger partial charge in [0.2, 0.25) is 0 Å². The third kappa shape index (κ3) is 5.51. The van der Waals surface area contributed by atoms with Gasteiger partial charge in [-0.15, -0.1) is 0 Å². The number of fused-ring (bicyclic) bond motifs is 1. The van der Waals surface area contributed by atoms with Crippen LogP contribution in [0.3, 0.4) is 0 Å². The molecule has 0 amide bonds. The predicted octanol–water partition coefficient (Wildman–Crippen LogP) is 8.24. The van der Waals surface area contributed by atoms with Gasteiger partial charge in [0.15, 0.2) is 0 Å². The second kappa shape index (κ2) is 11.1. The Morgan fingerprint density at radius 2 is 1.54 bits per heavy atom. The van der Waals surface area contributed by atoms with Crippen LogP contribution in [0, 0.1) is 0 Å². The Morgan fingerprint density at radius 3 is 2.31 bits per heavy atom. The molecular formula is C32H33NO2. The first kappa shape index (κ1) is 23.0. The molecule has 1 saturated heterocycles. The Bertz CT molecular complexity index is 1270. The molecule has 3 heteroatoms. The summed E-state index contributed by atoms with van der Waals surface area (Å²) in [6.07, 6.45) is 10.5. The van der Waals surface area contributed by atoms with Crippen molar-refractivity contribution in [2.24, 2.45) is 0 Å². The van der Waals surface area contributed by atoms with Crippen LogP contribution in [0.5, 0.6) is 17.2 Å². The second-order valence-corrected chi connectivity index (χ2v) is 9.12. The van der Waals surface area contributed by atoms with Gasteiger partial charge in [0.05, 0.1) is 7.11 Å². The number of hydrogen-bond acceptors (Lipinski definition) is 3. The summed E-state index contributed by atoms with van der Waals surface area (Å²) in [7, 11) is 1.70. The molecule has 3 nitrogen and oxygen atoms in total. The minimum Gasteiger partial charge on any atom is -0.497 e. The van der Waals surface area contributed by atoms with Gasteiger partial charge in [-0.05, 0) is 79.1 Å². The number of allylic oxidation sites excluding steroid dienone is 1. The minimum atomic E-state index is 0.842. The molecule has 1 fully saturated rings. The monoisotopic (exact) mass is 463 g/mol. The molecule has 35 heavy (non-hydrogen) atoms. The Morgan fingerprint density at radius 1 is 0.800 bits per heavy atom. The van der Waals surface area contributed by atoms with Gasteiger partial charge in [-0.25, -0.2) is 0 Å². The normalized spacial score (nSPS) is 13.9. The number of aryl methyl sites for hydroxylation is 1. The van der Waals surface area contributed by atoms with E-state index in [0.29, 0.717) is 0 Å². The van der Waals surface area contributed by atoms with Crippen molar-refractivity contribution in [2.75, 3.05) is 20.2 Å². The molecule has 0 unspecified atom stereocenters. The van der Waals surface area contributed by atoms with E-state index in [4.69, 9.17) is 9.47 Å². The topological polar surface area (TPSA) is 21.7 Å². The van der Waals surface area contributed by atoms with Crippen molar-refractivity contribution >= 4 is 10.8 Å². The molecule has 0 spiro atoms. The molecule has 4 aromatic rings. The zero-order valence-corrected chi connectivity index (χ0v) is 20.5. The van der Waals surface area contributed by atoms with Crippen molar-refractivity contribution in [3.05, 3.63) is 103 Å². The first-order chi connectivity index (χ1) is 17.3. The van der Waals surface area contributed by atoms with E-state index >= 15 is 0 Å². The van der Waals surface area contributed by atoms with Crippen molar-refractivity contribution in [3.8, 4) is 28.4 Å². The molecule has 1 aliphatic heterocycles. The highest BCUT2D eigenvalue weighted by molar-refractivity contribution is 5.97. The lowest BCUT2D eigenvalue weighted by Gasteiger charge is -2.24. The van der Waals surface area contributed by atoms with E-state index in [1.54, 1.807) is 7.11 Å². The lowest BCUT2D eigenvalue weighted by molar-refractivity contribution is 0.308. The van der Waals surface area contributed by atoms with E-state index in [2.05, 4.69) is 59.6 Å². The Balaban J connectivity index is 1.56. The number of para-hydroxylation sites is 1. The van der Waals surface area contributed by atoms with Crippen LogP contribution in [0.25, 0.3) is 21.9 Å². The van der Waals surface area contributed by atoms with Gasteiger partial charge in [-0.3, -0.25) is 0 Å². The van der Waals surface area contributed by atoms with Crippen LogP contribution in [-0.2, 0) is 6.42 Å². The van der Waals surface area contributed by atoms with Gasteiger partial charge in [-0.1, -0.05) is 66.7 Å². The van der Waals surface area contributed by atoms with Gasteiger partial charge in [-0.2, -0.15) is 0 Å². The van der Waals surface area contributed by atoms with E-state index < -0.39 is 0 Å². The van der Waals surface area contributed by atoms with Crippen molar-refractivity contribution in [1.29, 1.82) is 0 Å². The molecule has 1 aliphatic rings. The molecule has 1 heterocycles. The van der Waals surface area contributed by atoms with Crippen molar-refractivity contribution < 1.29 is 9.47 Å². The number of hydrogen-bond donors (Lipinski definition) is 0. The number of ether oxygens (including phenoxy) is 2. The van der Waals surface area contributed by atoms with Crippen LogP contribution in [-0.4, -0.2) is 25.1 Å². The summed E-state index contributed by atoms with van der Waals surface area (Å²) < 4.78 is 12.0. The highest BCUT2D eigenvalue weighted by atomic mass is 16.5. The third-order valence-electron chi connectivity index (χ3n) is 6.71. The molecule has 178 valence electrons. The number of rotatable bonds is 8. The van der Waals surface area contributed by atoms with Gasteiger partial charge in [0, 0.05) is 24.0 Å². The molecule has 0 N–H and O–H groups in total. The minimum absolute atomic E-state index is 0.842. The summed E-state index contributed by atoms with van der Waals surface area (Å²) in [5, 5.41) is 2.32. The fourth-order valence-corrected chi connectivity index (χ4v) is 4.88. The smallest absolute Gasteiger partial charge is 0.143 e. The van der Waals surface area contributed by atoms with Crippen molar-refractivity contribution in [1.82, 2.24) is 4.90 Å². The molecule has 5 rings (SSSR count). The lowest BCUT2D eigenvalue weighted by Crippen LogP contribution is -2.24.